The molecule has 0 amide bonds. The second kappa shape index (κ2) is 9.51. The number of rotatable bonds is 6. The van der Waals surface area contributed by atoms with Gasteiger partial charge in [-0.15, -0.1) is 23.1 Å². The molecule has 0 saturated heterocycles. The van der Waals surface area contributed by atoms with E-state index in [2.05, 4.69) is 39.8 Å². The van der Waals surface area contributed by atoms with Crippen molar-refractivity contribution in [1.29, 1.82) is 5.26 Å². The van der Waals surface area contributed by atoms with Gasteiger partial charge in [-0.3, -0.25) is 19.8 Å². The van der Waals surface area contributed by atoms with Crippen molar-refractivity contribution in [2.75, 3.05) is 10.7 Å². The molecule has 0 radical (unpaired) electrons. The molecule has 0 unspecified atom stereocenters. The summed E-state index contributed by atoms with van der Waals surface area (Å²) in [6.45, 7) is 8.29. The number of allylic oxidation sites excluding steroid dienone is 3. The smallest absolute Gasteiger partial charge is 0.269 e. The zero-order chi connectivity index (χ0) is 25.5. The highest BCUT2D eigenvalue weighted by atomic mass is 32.2. The molecular formula is C26H28N4O3S2. The van der Waals surface area contributed by atoms with Crippen LogP contribution in [0, 0.1) is 26.9 Å². The summed E-state index contributed by atoms with van der Waals surface area (Å²) in [7, 11) is 0. The number of ketones is 1. The number of thioether (sulfide) groups is 1. The Bertz CT molecular complexity index is 1300. The Kier molecular flexibility index (Phi) is 6.80. The van der Waals surface area contributed by atoms with Crippen molar-refractivity contribution in [3.63, 3.8) is 0 Å². The molecule has 2 N–H and O–H groups in total. The second-order valence-corrected chi connectivity index (χ2v) is 12.2. The molecular weight excluding hydrogens is 480 g/mol. The van der Waals surface area contributed by atoms with Crippen molar-refractivity contribution in [2.24, 2.45) is 11.1 Å². The SMILES string of the molecule is CCSc1sc(CC)cc1[C@H]1C(C#N)=C(N)N(c2ccc([N+](=O)[O-])cc2)C2=C1C(=O)CC(C)(C)C2. The van der Waals surface area contributed by atoms with E-state index in [1.807, 2.05) is 0 Å². The second-order valence-electron chi connectivity index (χ2n) is 9.50. The fourth-order valence-corrected chi connectivity index (χ4v) is 7.28. The number of nitriles is 1. The third kappa shape index (κ3) is 4.48. The summed E-state index contributed by atoms with van der Waals surface area (Å²) in [5.41, 5.74) is 9.68. The minimum Gasteiger partial charge on any atom is -0.384 e. The lowest BCUT2D eigenvalue weighted by Crippen LogP contribution is -2.42. The number of Topliss-reactive ketones (excluding diaryl/α,β-unsaturated/α-hetero) is 1. The van der Waals surface area contributed by atoms with Crippen LogP contribution in [-0.4, -0.2) is 16.5 Å². The molecule has 0 spiro atoms. The number of hydrogen-bond donors (Lipinski definition) is 1. The largest absolute Gasteiger partial charge is 0.384 e. The molecule has 0 bridgehead atoms. The Balaban J connectivity index is 1.98. The van der Waals surface area contributed by atoms with Crippen molar-refractivity contribution < 1.29 is 9.72 Å². The van der Waals surface area contributed by atoms with Gasteiger partial charge in [0, 0.05) is 40.4 Å². The summed E-state index contributed by atoms with van der Waals surface area (Å²) < 4.78 is 1.11. The number of nitrogens with two attached hydrogens (primary N) is 1. The van der Waals surface area contributed by atoms with Gasteiger partial charge >= 0.3 is 0 Å². The molecule has 182 valence electrons. The van der Waals surface area contributed by atoms with Gasteiger partial charge in [0.2, 0.25) is 0 Å². The van der Waals surface area contributed by atoms with Gasteiger partial charge in [0.15, 0.2) is 5.78 Å². The van der Waals surface area contributed by atoms with E-state index in [0.29, 0.717) is 29.7 Å². The van der Waals surface area contributed by atoms with Crippen molar-refractivity contribution in [3.05, 3.63) is 73.6 Å². The van der Waals surface area contributed by atoms with Gasteiger partial charge in [-0.1, -0.05) is 27.7 Å². The maximum absolute atomic E-state index is 13.7. The average molecular weight is 509 g/mol. The first-order valence-electron chi connectivity index (χ1n) is 11.6. The van der Waals surface area contributed by atoms with Gasteiger partial charge in [0.1, 0.15) is 5.82 Å². The maximum atomic E-state index is 13.7. The molecule has 1 aliphatic carbocycles. The molecule has 0 fully saturated rings. The molecule has 2 aliphatic rings. The van der Waals surface area contributed by atoms with Crippen LogP contribution in [0.3, 0.4) is 0 Å². The molecule has 7 nitrogen and oxygen atoms in total. The van der Waals surface area contributed by atoms with Crippen LogP contribution in [0.2, 0.25) is 0 Å². The summed E-state index contributed by atoms with van der Waals surface area (Å²) >= 11 is 3.43. The first-order valence-corrected chi connectivity index (χ1v) is 13.4. The summed E-state index contributed by atoms with van der Waals surface area (Å²) in [5.74, 6) is 0.655. The van der Waals surface area contributed by atoms with E-state index in [1.165, 1.54) is 17.0 Å². The van der Waals surface area contributed by atoms with Gasteiger partial charge in [-0.05, 0) is 47.8 Å². The van der Waals surface area contributed by atoms with Crippen LogP contribution in [0.5, 0.6) is 0 Å². The van der Waals surface area contributed by atoms with Crippen LogP contribution in [0.25, 0.3) is 0 Å². The number of carbonyl (C=O) groups excluding carboxylic acids is 1. The monoisotopic (exact) mass is 508 g/mol. The predicted molar refractivity (Wildman–Crippen MR) is 140 cm³/mol. The van der Waals surface area contributed by atoms with Gasteiger partial charge < -0.3 is 5.73 Å². The number of anilines is 1. The molecule has 2 aromatic rings. The van der Waals surface area contributed by atoms with Gasteiger partial charge in [-0.2, -0.15) is 5.26 Å². The Labute approximate surface area is 213 Å². The summed E-state index contributed by atoms with van der Waals surface area (Å²) in [6.07, 6.45) is 1.86. The van der Waals surface area contributed by atoms with Crippen molar-refractivity contribution in [1.82, 2.24) is 0 Å². The molecule has 2 heterocycles. The highest BCUT2D eigenvalue weighted by molar-refractivity contribution is 8.01. The highest BCUT2D eigenvalue weighted by Gasteiger charge is 2.45. The fraction of sp³-hybridized carbons (Fsp3) is 0.385. The number of carbonyl (C=O) groups is 1. The number of nitro groups is 1. The normalized spacial score (nSPS) is 19.6. The Morgan fingerprint density at radius 2 is 1.97 bits per heavy atom. The van der Waals surface area contributed by atoms with E-state index < -0.39 is 10.8 Å². The number of aryl methyl sites for hydroxylation is 1. The van der Waals surface area contributed by atoms with E-state index in [0.717, 1.165) is 27.6 Å². The van der Waals surface area contributed by atoms with E-state index >= 15 is 0 Å². The van der Waals surface area contributed by atoms with E-state index in [1.54, 1.807) is 40.1 Å². The number of non-ortho nitro benzene ring substituents is 1. The van der Waals surface area contributed by atoms with Crippen molar-refractivity contribution in [3.8, 4) is 6.07 Å². The lowest BCUT2D eigenvalue weighted by molar-refractivity contribution is -0.384. The van der Waals surface area contributed by atoms with Crippen LogP contribution in [0.15, 0.2) is 57.2 Å². The molecule has 35 heavy (non-hydrogen) atoms. The number of thiophene rings is 1. The molecule has 1 atom stereocenters. The molecule has 9 heteroatoms. The molecule has 1 aliphatic heterocycles. The van der Waals surface area contributed by atoms with Crippen LogP contribution in [-0.2, 0) is 11.2 Å². The van der Waals surface area contributed by atoms with Gasteiger partial charge in [0.05, 0.1) is 26.7 Å². The number of nitro benzene ring substituents is 1. The van der Waals surface area contributed by atoms with Crippen LogP contribution < -0.4 is 10.6 Å². The third-order valence-electron chi connectivity index (χ3n) is 6.41. The summed E-state index contributed by atoms with van der Waals surface area (Å²) in [5, 5.41) is 21.5. The number of hydrogen-bond acceptors (Lipinski definition) is 8. The van der Waals surface area contributed by atoms with E-state index in [-0.39, 0.29) is 22.7 Å². The van der Waals surface area contributed by atoms with E-state index in [4.69, 9.17) is 5.73 Å². The summed E-state index contributed by atoms with van der Waals surface area (Å²) in [6, 6.07) is 10.5. The van der Waals surface area contributed by atoms with Gasteiger partial charge in [0.25, 0.3) is 5.69 Å². The van der Waals surface area contributed by atoms with Crippen molar-refractivity contribution >= 4 is 40.3 Å². The minimum absolute atomic E-state index is 0.0186. The lowest BCUT2D eigenvalue weighted by atomic mass is 9.69. The Morgan fingerprint density at radius 1 is 1.29 bits per heavy atom. The Hall–Kier alpha value is -3.09. The lowest BCUT2D eigenvalue weighted by Gasteiger charge is -2.43. The fourth-order valence-electron chi connectivity index (χ4n) is 4.90. The first-order chi connectivity index (χ1) is 16.6. The predicted octanol–water partition coefficient (Wildman–Crippen LogP) is 6.27. The average Bonchev–Trinajstić information content (AvgIpc) is 3.20. The quantitative estimate of drug-likeness (QED) is 0.278. The minimum atomic E-state index is -0.515. The molecule has 1 aromatic heterocycles. The number of benzene rings is 1. The zero-order valence-electron chi connectivity index (χ0n) is 20.3. The molecule has 1 aromatic carbocycles. The van der Waals surface area contributed by atoms with Crippen LogP contribution in [0.4, 0.5) is 11.4 Å². The van der Waals surface area contributed by atoms with E-state index in [9.17, 15) is 20.2 Å². The molecule has 0 saturated carbocycles. The summed E-state index contributed by atoms with van der Waals surface area (Å²) in [4.78, 5) is 27.4. The topological polar surface area (TPSA) is 113 Å². The van der Waals surface area contributed by atoms with Crippen molar-refractivity contribution in [2.45, 2.75) is 57.1 Å². The van der Waals surface area contributed by atoms with Crippen LogP contribution in [0.1, 0.15) is 56.9 Å². The standard InChI is InChI=1S/C26H28N4O3S2/c1-5-17-11-18(25(35-17)34-6-2)22-19(14-27)24(28)29(15-7-9-16(10-8-15)30(32)33)20-12-26(3,4)13-21(31)23(20)22/h7-11,22H,5-6,12-13,28H2,1-4H3/t22-/m0/s1. The number of nitrogens with zero attached hydrogens (tertiary/aromatic N) is 3. The first kappa shape index (κ1) is 25.0. The Morgan fingerprint density at radius 3 is 2.54 bits per heavy atom. The molecule has 4 rings (SSSR count). The van der Waals surface area contributed by atoms with Crippen LogP contribution >= 0.6 is 23.1 Å². The zero-order valence-corrected chi connectivity index (χ0v) is 21.9. The third-order valence-corrected chi connectivity index (χ3v) is 8.89. The highest BCUT2D eigenvalue weighted by Crippen LogP contribution is 2.52. The van der Waals surface area contributed by atoms with Gasteiger partial charge in [-0.25, -0.2) is 0 Å². The maximum Gasteiger partial charge on any atom is 0.269 e.